The second-order valence-corrected chi connectivity index (χ2v) is 7.11. The lowest BCUT2D eigenvalue weighted by Gasteiger charge is -2.10. The van der Waals surface area contributed by atoms with Gasteiger partial charge in [-0.05, 0) is 19.3 Å². The fraction of sp³-hybridized carbons (Fsp3) is 0.875. The third kappa shape index (κ3) is 17.9. The first-order chi connectivity index (χ1) is 10.5. The molecule has 0 rings (SSSR count). The summed E-state index contributed by atoms with van der Waals surface area (Å²) in [6.07, 6.45) is 17.6. The third-order valence-corrected chi connectivity index (χ3v) is 4.02. The number of unbranched alkanes of at least 4 members (excludes halogenated alkanes) is 9. The number of phosphoric acid groups is 1. The Labute approximate surface area is 135 Å². The number of hydrogen-bond donors (Lipinski definition) is 3. The van der Waals surface area contributed by atoms with Crippen LogP contribution in [0.2, 0.25) is 0 Å². The van der Waals surface area contributed by atoms with Gasteiger partial charge in [-0.25, -0.2) is 4.57 Å². The molecule has 0 aliphatic carbocycles. The van der Waals surface area contributed by atoms with E-state index >= 15 is 0 Å². The molecule has 0 aliphatic heterocycles. The zero-order valence-electron chi connectivity index (χ0n) is 14.0. The third-order valence-electron chi connectivity index (χ3n) is 3.54. The Morgan fingerprint density at radius 3 is 2.09 bits per heavy atom. The Morgan fingerprint density at radius 2 is 1.55 bits per heavy atom. The highest BCUT2D eigenvalue weighted by atomic mass is 31.2. The van der Waals surface area contributed by atoms with Gasteiger partial charge in [-0.15, -0.1) is 0 Å². The first-order valence-corrected chi connectivity index (χ1v) is 10.1. The van der Waals surface area contributed by atoms with Crippen molar-refractivity contribution in [2.45, 2.75) is 83.6 Å². The molecule has 0 saturated heterocycles. The molecule has 0 heterocycles. The first-order valence-electron chi connectivity index (χ1n) is 8.56. The minimum Gasteiger partial charge on any atom is -0.325 e. The number of rotatable bonds is 15. The summed E-state index contributed by atoms with van der Waals surface area (Å²) in [6, 6.07) is -0.369. The van der Waals surface area contributed by atoms with E-state index in [1.165, 1.54) is 57.8 Å². The lowest BCUT2D eigenvalue weighted by molar-refractivity contribution is 0.186. The zero-order chi connectivity index (χ0) is 16.7. The van der Waals surface area contributed by atoms with Crippen molar-refractivity contribution in [2.24, 2.45) is 5.73 Å². The molecule has 0 aromatic carbocycles. The van der Waals surface area contributed by atoms with Crippen LogP contribution in [0.3, 0.4) is 0 Å². The quantitative estimate of drug-likeness (QED) is 0.236. The van der Waals surface area contributed by atoms with E-state index in [1.54, 1.807) is 0 Å². The van der Waals surface area contributed by atoms with Crippen LogP contribution in [0.5, 0.6) is 0 Å². The summed E-state index contributed by atoms with van der Waals surface area (Å²) in [5, 5.41) is 0. The predicted octanol–water partition coefficient (Wildman–Crippen LogP) is 4.29. The number of nitrogens with two attached hydrogens (primary N) is 1. The summed E-state index contributed by atoms with van der Waals surface area (Å²) < 4.78 is 14.9. The fourth-order valence-corrected chi connectivity index (χ4v) is 2.61. The van der Waals surface area contributed by atoms with Gasteiger partial charge in [0.1, 0.15) is 0 Å². The molecule has 0 aromatic heterocycles. The zero-order valence-corrected chi connectivity index (χ0v) is 14.8. The average molecular weight is 335 g/mol. The van der Waals surface area contributed by atoms with Gasteiger partial charge < -0.3 is 15.5 Å². The molecule has 0 aromatic rings. The normalized spacial score (nSPS) is 13.8. The van der Waals surface area contributed by atoms with E-state index in [0.29, 0.717) is 6.42 Å². The Bertz CT molecular complexity index is 317. The molecule has 0 aliphatic rings. The van der Waals surface area contributed by atoms with E-state index < -0.39 is 7.82 Å². The topological polar surface area (TPSA) is 92.8 Å². The van der Waals surface area contributed by atoms with Crippen LogP contribution in [0.15, 0.2) is 12.2 Å². The molecule has 0 radical (unpaired) electrons. The Balaban J connectivity index is 3.31. The van der Waals surface area contributed by atoms with E-state index in [9.17, 15) is 4.57 Å². The standard InChI is InChI=1S/C16H34NO4P/c1-2-3-4-5-6-7-8-9-10-11-12-13-14-16(17)15-21-22(18,19)20/h12-13,16H,2-11,14-15,17H2,1H3,(H2,18,19,20)/b13-12+/t16-/m1/s1. The lowest BCUT2D eigenvalue weighted by atomic mass is 10.1. The van der Waals surface area contributed by atoms with Gasteiger partial charge in [0.05, 0.1) is 6.61 Å². The van der Waals surface area contributed by atoms with E-state index in [1.807, 2.05) is 6.08 Å². The van der Waals surface area contributed by atoms with Crippen molar-refractivity contribution in [1.29, 1.82) is 0 Å². The number of hydrogen-bond acceptors (Lipinski definition) is 3. The highest BCUT2D eigenvalue weighted by Crippen LogP contribution is 2.35. The van der Waals surface area contributed by atoms with Gasteiger partial charge in [0.2, 0.25) is 0 Å². The van der Waals surface area contributed by atoms with Crippen LogP contribution in [0.1, 0.15) is 77.6 Å². The summed E-state index contributed by atoms with van der Waals surface area (Å²) in [5.74, 6) is 0. The maximum atomic E-state index is 10.5. The molecule has 6 heteroatoms. The molecule has 0 bridgehead atoms. The van der Waals surface area contributed by atoms with Crippen molar-refractivity contribution in [3.05, 3.63) is 12.2 Å². The summed E-state index contributed by atoms with van der Waals surface area (Å²) in [5.41, 5.74) is 5.69. The van der Waals surface area contributed by atoms with Crippen molar-refractivity contribution < 1.29 is 18.9 Å². The number of phosphoric ester groups is 1. The smallest absolute Gasteiger partial charge is 0.325 e. The van der Waals surface area contributed by atoms with Crippen molar-refractivity contribution in [3.63, 3.8) is 0 Å². The second kappa shape index (κ2) is 14.4. The van der Waals surface area contributed by atoms with Crippen molar-refractivity contribution in [2.75, 3.05) is 6.61 Å². The predicted molar refractivity (Wildman–Crippen MR) is 91.6 cm³/mol. The van der Waals surface area contributed by atoms with Crippen molar-refractivity contribution >= 4 is 7.82 Å². The molecule has 0 amide bonds. The van der Waals surface area contributed by atoms with Crippen LogP contribution in [0.25, 0.3) is 0 Å². The maximum Gasteiger partial charge on any atom is 0.469 e. The molecular formula is C16H34NO4P. The summed E-state index contributed by atoms with van der Waals surface area (Å²) in [4.78, 5) is 17.1. The largest absolute Gasteiger partial charge is 0.469 e. The van der Waals surface area contributed by atoms with Gasteiger partial charge in [0.25, 0.3) is 0 Å². The van der Waals surface area contributed by atoms with Gasteiger partial charge in [-0.2, -0.15) is 0 Å². The van der Waals surface area contributed by atoms with Crippen LogP contribution in [0, 0.1) is 0 Å². The lowest BCUT2D eigenvalue weighted by Crippen LogP contribution is -2.24. The van der Waals surface area contributed by atoms with E-state index in [-0.39, 0.29) is 12.6 Å². The average Bonchev–Trinajstić information content (AvgIpc) is 2.45. The van der Waals surface area contributed by atoms with E-state index in [2.05, 4.69) is 17.5 Å². The molecule has 0 spiro atoms. The second-order valence-electron chi connectivity index (χ2n) is 5.87. The summed E-state index contributed by atoms with van der Waals surface area (Å²) in [7, 11) is -4.39. The molecule has 132 valence electrons. The Kier molecular flexibility index (Phi) is 14.3. The maximum absolute atomic E-state index is 10.5. The monoisotopic (exact) mass is 335 g/mol. The first kappa shape index (κ1) is 21.8. The van der Waals surface area contributed by atoms with Crippen molar-refractivity contribution in [1.82, 2.24) is 0 Å². The summed E-state index contributed by atoms with van der Waals surface area (Å²) >= 11 is 0. The molecule has 4 N–H and O–H groups in total. The van der Waals surface area contributed by atoms with Gasteiger partial charge in [0.15, 0.2) is 0 Å². The van der Waals surface area contributed by atoms with E-state index in [4.69, 9.17) is 15.5 Å². The summed E-state index contributed by atoms with van der Waals surface area (Å²) in [6.45, 7) is 2.12. The molecular weight excluding hydrogens is 301 g/mol. The van der Waals surface area contributed by atoms with Crippen LogP contribution in [-0.4, -0.2) is 22.4 Å². The highest BCUT2D eigenvalue weighted by molar-refractivity contribution is 7.46. The Morgan fingerprint density at radius 1 is 1.00 bits per heavy atom. The molecule has 0 saturated carbocycles. The van der Waals surface area contributed by atoms with Crippen molar-refractivity contribution in [3.8, 4) is 0 Å². The molecule has 5 nitrogen and oxygen atoms in total. The Hall–Kier alpha value is -0.190. The minimum absolute atomic E-state index is 0.118. The fourth-order valence-electron chi connectivity index (χ4n) is 2.22. The van der Waals surface area contributed by atoms with Crippen LogP contribution in [0.4, 0.5) is 0 Å². The van der Waals surface area contributed by atoms with Crippen LogP contribution in [-0.2, 0) is 9.09 Å². The van der Waals surface area contributed by atoms with Gasteiger partial charge >= 0.3 is 7.82 Å². The molecule has 0 fully saturated rings. The van der Waals surface area contributed by atoms with Gasteiger partial charge in [0, 0.05) is 6.04 Å². The van der Waals surface area contributed by atoms with Crippen LogP contribution >= 0.6 is 7.82 Å². The molecule has 1 atom stereocenters. The highest BCUT2D eigenvalue weighted by Gasteiger charge is 2.15. The SMILES string of the molecule is CCCCCCCCCCC/C=C/C[C@@H](N)COP(=O)(O)O. The molecule has 0 unspecified atom stereocenters. The number of allylic oxidation sites excluding steroid dienone is 1. The van der Waals surface area contributed by atoms with Gasteiger partial charge in [-0.1, -0.05) is 70.4 Å². The van der Waals surface area contributed by atoms with Crippen LogP contribution < -0.4 is 5.73 Å². The van der Waals surface area contributed by atoms with E-state index in [0.717, 1.165) is 6.42 Å². The van der Waals surface area contributed by atoms with Gasteiger partial charge in [-0.3, -0.25) is 4.52 Å². The molecule has 22 heavy (non-hydrogen) atoms. The minimum atomic E-state index is -4.39.